The number of aromatic hydroxyl groups is 1. The van der Waals surface area contributed by atoms with E-state index < -0.39 is 6.09 Å². The zero-order valence-corrected chi connectivity index (χ0v) is 13.4. The summed E-state index contributed by atoms with van der Waals surface area (Å²) in [5.74, 6) is -0.215. The average Bonchev–Trinajstić information content (AvgIpc) is 2.46. The number of phenols is 1. The normalized spacial score (nSPS) is 10.3. The third-order valence-corrected chi connectivity index (χ3v) is 3.36. The Labute approximate surface area is 131 Å². The Morgan fingerprint density at radius 2 is 1.82 bits per heavy atom. The summed E-state index contributed by atoms with van der Waals surface area (Å²) < 4.78 is 5.05. The van der Waals surface area contributed by atoms with Gasteiger partial charge in [-0.05, 0) is 25.5 Å². The molecule has 0 heterocycles. The molecular formula is C17H25NO4. The van der Waals surface area contributed by atoms with Crippen molar-refractivity contribution in [1.82, 2.24) is 5.32 Å². The highest BCUT2D eigenvalue weighted by Crippen LogP contribution is 2.23. The van der Waals surface area contributed by atoms with Gasteiger partial charge in [-0.3, -0.25) is 4.79 Å². The summed E-state index contributed by atoms with van der Waals surface area (Å²) in [5, 5.41) is 12.3. The molecule has 0 radical (unpaired) electrons. The Balaban J connectivity index is 2.28. The second-order valence-electron chi connectivity index (χ2n) is 5.32. The number of phenolic OH excluding ortho intramolecular Hbond substituents is 1. The number of ketones is 1. The molecule has 2 N–H and O–H groups in total. The van der Waals surface area contributed by atoms with Crippen LogP contribution in [0.3, 0.4) is 0 Å². The van der Waals surface area contributed by atoms with Crippen molar-refractivity contribution in [3.05, 3.63) is 23.8 Å². The minimum Gasteiger partial charge on any atom is -0.507 e. The molecule has 1 aromatic carbocycles. The van der Waals surface area contributed by atoms with Gasteiger partial charge in [0.15, 0.2) is 5.78 Å². The lowest BCUT2D eigenvalue weighted by molar-refractivity contribution is 0.101. The second kappa shape index (κ2) is 9.82. The van der Waals surface area contributed by atoms with Crippen LogP contribution in [-0.2, 0) is 0 Å². The van der Waals surface area contributed by atoms with Crippen LogP contribution in [0, 0.1) is 0 Å². The number of ether oxygens (including phenoxy) is 1. The lowest BCUT2D eigenvalue weighted by Gasteiger charge is -2.08. The molecule has 0 aliphatic rings. The van der Waals surface area contributed by atoms with Crippen molar-refractivity contribution in [3.63, 3.8) is 0 Å². The average molecular weight is 307 g/mol. The fraction of sp³-hybridized carbons (Fsp3) is 0.529. The van der Waals surface area contributed by atoms with Gasteiger partial charge in [-0.1, -0.05) is 39.0 Å². The molecule has 1 amide bonds. The van der Waals surface area contributed by atoms with Crippen molar-refractivity contribution in [2.45, 2.75) is 52.4 Å². The molecule has 0 saturated heterocycles. The molecule has 0 bridgehead atoms. The maximum atomic E-state index is 11.6. The van der Waals surface area contributed by atoms with Gasteiger partial charge < -0.3 is 15.2 Å². The van der Waals surface area contributed by atoms with Gasteiger partial charge in [-0.25, -0.2) is 4.79 Å². The van der Waals surface area contributed by atoms with Crippen LogP contribution < -0.4 is 10.1 Å². The smallest absolute Gasteiger partial charge is 0.412 e. The number of Topliss-reactive ketones (excluding diaryl/α,β-unsaturated/α-hetero) is 1. The van der Waals surface area contributed by atoms with Gasteiger partial charge >= 0.3 is 6.09 Å². The number of carbonyl (C=O) groups excluding carboxylic acids is 2. The quantitative estimate of drug-likeness (QED) is 0.533. The van der Waals surface area contributed by atoms with E-state index in [9.17, 15) is 14.7 Å². The lowest BCUT2D eigenvalue weighted by Crippen LogP contribution is -2.27. The van der Waals surface area contributed by atoms with Gasteiger partial charge in [0, 0.05) is 12.6 Å². The Hall–Kier alpha value is -2.04. The van der Waals surface area contributed by atoms with Crippen molar-refractivity contribution in [2.75, 3.05) is 6.54 Å². The lowest BCUT2D eigenvalue weighted by atomic mass is 10.1. The van der Waals surface area contributed by atoms with Gasteiger partial charge in [0.25, 0.3) is 0 Å². The summed E-state index contributed by atoms with van der Waals surface area (Å²) in [7, 11) is 0. The first-order chi connectivity index (χ1) is 10.5. The van der Waals surface area contributed by atoms with Gasteiger partial charge in [0.2, 0.25) is 0 Å². The molecule has 5 heteroatoms. The minimum atomic E-state index is -0.552. The molecule has 5 nitrogen and oxygen atoms in total. The molecule has 0 spiro atoms. The SMILES string of the molecule is CCCCCCCCNC(=O)Oc1ccc(C(C)=O)c(O)c1. The number of hydrogen-bond donors (Lipinski definition) is 2. The second-order valence-corrected chi connectivity index (χ2v) is 5.32. The van der Waals surface area contributed by atoms with E-state index in [1.807, 2.05) is 0 Å². The van der Waals surface area contributed by atoms with Crippen LogP contribution in [0.1, 0.15) is 62.7 Å². The Morgan fingerprint density at radius 1 is 1.14 bits per heavy atom. The first kappa shape index (κ1) is 18.0. The molecule has 122 valence electrons. The zero-order valence-electron chi connectivity index (χ0n) is 13.4. The number of amides is 1. The van der Waals surface area contributed by atoms with Crippen molar-refractivity contribution < 1.29 is 19.4 Å². The summed E-state index contributed by atoms with van der Waals surface area (Å²) in [4.78, 5) is 22.8. The van der Waals surface area contributed by atoms with E-state index in [-0.39, 0.29) is 22.8 Å². The monoisotopic (exact) mass is 307 g/mol. The predicted molar refractivity (Wildman–Crippen MR) is 85.5 cm³/mol. The number of hydrogen-bond acceptors (Lipinski definition) is 4. The van der Waals surface area contributed by atoms with Crippen LogP contribution in [-0.4, -0.2) is 23.5 Å². The first-order valence-electron chi connectivity index (χ1n) is 7.84. The van der Waals surface area contributed by atoms with Crippen LogP contribution in [0.4, 0.5) is 4.79 Å². The largest absolute Gasteiger partial charge is 0.507 e. The molecule has 22 heavy (non-hydrogen) atoms. The van der Waals surface area contributed by atoms with Crippen molar-refractivity contribution in [3.8, 4) is 11.5 Å². The van der Waals surface area contributed by atoms with Gasteiger partial charge in [0.1, 0.15) is 11.5 Å². The van der Waals surface area contributed by atoms with Gasteiger partial charge in [-0.2, -0.15) is 0 Å². The van der Waals surface area contributed by atoms with Crippen LogP contribution in [0.15, 0.2) is 18.2 Å². The van der Waals surface area contributed by atoms with Crippen LogP contribution in [0.25, 0.3) is 0 Å². The highest BCUT2D eigenvalue weighted by molar-refractivity contribution is 5.96. The summed E-state index contributed by atoms with van der Waals surface area (Å²) in [6.45, 7) is 4.11. The maximum Gasteiger partial charge on any atom is 0.412 e. The maximum absolute atomic E-state index is 11.6. The molecule has 0 aromatic heterocycles. The van der Waals surface area contributed by atoms with E-state index in [1.54, 1.807) is 0 Å². The van der Waals surface area contributed by atoms with Crippen molar-refractivity contribution in [1.29, 1.82) is 0 Å². The molecule has 0 fully saturated rings. The van der Waals surface area contributed by atoms with E-state index in [0.717, 1.165) is 12.8 Å². The number of nitrogens with one attached hydrogen (secondary N) is 1. The van der Waals surface area contributed by atoms with E-state index in [4.69, 9.17) is 4.74 Å². The molecule has 0 unspecified atom stereocenters. The number of rotatable bonds is 9. The van der Waals surface area contributed by atoms with Crippen molar-refractivity contribution >= 4 is 11.9 Å². The zero-order chi connectivity index (χ0) is 16.4. The molecule has 1 aromatic rings. The number of carbonyl (C=O) groups is 2. The summed E-state index contributed by atoms with van der Waals surface area (Å²) in [6.07, 6.45) is 6.37. The van der Waals surface area contributed by atoms with E-state index in [2.05, 4.69) is 12.2 Å². The van der Waals surface area contributed by atoms with Gasteiger partial charge in [0.05, 0.1) is 5.56 Å². The fourth-order valence-corrected chi connectivity index (χ4v) is 2.11. The molecule has 0 aliphatic heterocycles. The van der Waals surface area contributed by atoms with Crippen LogP contribution in [0.2, 0.25) is 0 Å². The first-order valence-corrected chi connectivity index (χ1v) is 7.84. The van der Waals surface area contributed by atoms with E-state index >= 15 is 0 Å². The number of benzene rings is 1. The molecular weight excluding hydrogens is 282 g/mol. The Kier molecular flexibility index (Phi) is 8.04. The minimum absolute atomic E-state index is 0.186. The van der Waals surface area contributed by atoms with Crippen molar-refractivity contribution in [2.24, 2.45) is 0 Å². The Bertz CT molecular complexity index is 499. The topological polar surface area (TPSA) is 75.6 Å². The van der Waals surface area contributed by atoms with E-state index in [1.165, 1.54) is 50.8 Å². The predicted octanol–water partition coefficient (Wildman–Crippen LogP) is 4.04. The fourth-order valence-electron chi connectivity index (χ4n) is 2.11. The molecule has 0 atom stereocenters. The standard InChI is InChI=1S/C17H25NO4/c1-3-4-5-6-7-8-11-18-17(21)22-14-9-10-15(13(2)19)16(20)12-14/h9-10,12,20H,3-8,11H2,1-2H3,(H,18,21). The molecule has 0 saturated carbocycles. The Morgan fingerprint density at radius 3 is 2.45 bits per heavy atom. The van der Waals surface area contributed by atoms with Crippen LogP contribution in [0.5, 0.6) is 11.5 Å². The third kappa shape index (κ3) is 6.61. The van der Waals surface area contributed by atoms with Gasteiger partial charge in [-0.15, -0.1) is 0 Å². The van der Waals surface area contributed by atoms with Crippen LogP contribution >= 0.6 is 0 Å². The highest BCUT2D eigenvalue weighted by Gasteiger charge is 2.10. The number of unbranched alkanes of at least 4 members (excludes halogenated alkanes) is 5. The third-order valence-electron chi connectivity index (χ3n) is 3.36. The summed E-state index contributed by atoms with van der Waals surface area (Å²) >= 11 is 0. The molecule has 1 rings (SSSR count). The molecule has 0 aliphatic carbocycles. The summed E-state index contributed by atoms with van der Waals surface area (Å²) in [5.41, 5.74) is 0.208. The summed E-state index contributed by atoms with van der Waals surface area (Å²) in [6, 6.07) is 4.19. The van der Waals surface area contributed by atoms with E-state index in [0.29, 0.717) is 6.54 Å². The highest BCUT2D eigenvalue weighted by atomic mass is 16.6.